The van der Waals surface area contributed by atoms with Gasteiger partial charge in [-0.1, -0.05) is 19.9 Å². The second-order valence-corrected chi connectivity index (χ2v) is 5.58. The van der Waals surface area contributed by atoms with Gasteiger partial charge in [-0.3, -0.25) is 0 Å². The van der Waals surface area contributed by atoms with Crippen LogP contribution in [-0.4, -0.2) is 23.3 Å². The Kier molecular flexibility index (Phi) is 4.27. The van der Waals surface area contributed by atoms with Crippen LogP contribution in [0.2, 0.25) is 0 Å². The number of benzene rings is 1. The van der Waals surface area contributed by atoms with E-state index in [0.29, 0.717) is 25.2 Å². The summed E-state index contributed by atoms with van der Waals surface area (Å²) in [7, 11) is 0. The highest BCUT2D eigenvalue weighted by Crippen LogP contribution is 2.32. The van der Waals surface area contributed by atoms with Crippen LogP contribution in [0.4, 0.5) is 11.8 Å². The van der Waals surface area contributed by atoms with Gasteiger partial charge >= 0.3 is 0 Å². The van der Waals surface area contributed by atoms with Crippen LogP contribution in [0, 0.1) is 5.92 Å². The molecule has 1 aliphatic rings. The van der Waals surface area contributed by atoms with Crippen molar-refractivity contribution < 1.29 is 9.47 Å². The van der Waals surface area contributed by atoms with Crippen LogP contribution in [0.1, 0.15) is 19.4 Å². The first kappa shape index (κ1) is 14.4. The highest BCUT2D eigenvalue weighted by Gasteiger charge is 2.13. The van der Waals surface area contributed by atoms with Crippen LogP contribution >= 0.6 is 0 Å². The molecule has 1 aromatic carbocycles. The summed E-state index contributed by atoms with van der Waals surface area (Å²) >= 11 is 0. The molecule has 3 rings (SSSR count). The second kappa shape index (κ2) is 6.51. The third-order valence-corrected chi connectivity index (χ3v) is 3.23. The van der Waals surface area contributed by atoms with E-state index in [1.807, 2.05) is 24.3 Å². The van der Waals surface area contributed by atoms with Gasteiger partial charge in [-0.2, -0.15) is 4.98 Å². The molecule has 0 aliphatic carbocycles. The number of hydrogen-bond donors (Lipinski definition) is 2. The van der Waals surface area contributed by atoms with Crippen molar-refractivity contribution in [2.24, 2.45) is 5.92 Å². The van der Waals surface area contributed by atoms with E-state index in [2.05, 4.69) is 34.4 Å². The normalized spacial score (nSPS) is 12.5. The Morgan fingerprint density at radius 1 is 1.14 bits per heavy atom. The van der Waals surface area contributed by atoms with E-state index in [0.717, 1.165) is 29.4 Å². The van der Waals surface area contributed by atoms with Crippen molar-refractivity contribution >= 4 is 11.8 Å². The van der Waals surface area contributed by atoms with E-state index in [-0.39, 0.29) is 0 Å². The molecule has 116 valence electrons. The summed E-state index contributed by atoms with van der Waals surface area (Å²) in [5.74, 6) is 3.57. The second-order valence-electron chi connectivity index (χ2n) is 5.58. The van der Waals surface area contributed by atoms with Crippen molar-refractivity contribution in [1.82, 2.24) is 9.97 Å². The van der Waals surface area contributed by atoms with Crippen molar-refractivity contribution in [2.45, 2.75) is 20.4 Å². The van der Waals surface area contributed by atoms with Gasteiger partial charge in [0.2, 0.25) is 12.7 Å². The van der Waals surface area contributed by atoms with Crippen LogP contribution < -0.4 is 20.1 Å². The van der Waals surface area contributed by atoms with E-state index >= 15 is 0 Å². The quantitative estimate of drug-likeness (QED) is 0.855. The molecule has 0 unspecified atom stereocenters. The maximum Gasteiger partial charge on any atom is 0.231 e. The van der Waals surface area contributed by atoms with Gasteiger partial charge in [-0.25, -0.2) is 4.98 Å². The Balaban J connectivity index is 1.60. The maximum atomic E-state index is 5.38. The third-order valence-electron chi connectivity index (χ3n) is 3.23. The first-order chi connectivity index (χ1) is 10.7. The molecule has 1 aliphatic heterocycles. The Morgan fingerprint density at radius 2 is 2.00 bits per heavy atom. The van der Waals surface area contributed by atoms with E-state index in [1.165, 1.54) is 0 Å². The highest BCUT2D eigenvalue weighted by atomic mass is 16.7. The standard InChI is InChI=1S/C16H20N4O2/c1-11(2)8-19-16-17-6-5-15(20-16)18-9-12-3-4-13-14(7-12)22-10-21-13/h3-7,11H,8-10H2,1-2H3,(H2,17,18,19,20). The van der Waals surface area contributed by atoms with Gasteiger partial charge in [0.05, 0.1) is 0 Å². The number of nitrogens with one attached hydrogen (secondary N) is 2. The molecule has 0 radical (unpaired) electrons. The third kappa shape index (κ3) is 3.58. The van der Waals surface area contributed by atoms with Gasteiger partial charge < -0.3 is 20.1 Å². The monoisotopic (exact) mass is 300 g/mol. The minimum Gasteiger partial charge on any atom is -0.454 e. The number of nitrogens with zero attached hydrogens (tertiary/aromatic N) is 2. The van der Waals surface area contributed by atoms with Gasteiger partial charge in [0.1, 0.15) is 5.82 Å². The van der Waals surface area contributed by atoms with Gasteiger partial charge in [0.25, 0.3) is 0 Å². The lowest BCUT2D eigenvalue weighted by Crippen LogP contribution is -2.11. The predicted molar refractivity (Wildman–Crippen MR) is 85.3 cm³/mol. The van der Waals surface area contributed by atoms with Crippen molar-refractivity contribution in [1.29, 1.82) is 0 Å². The summed E-state index contributed by atoms with van der Waals surface area (Å²) in [6, 6.07) is 7.77. The average Bonchev–Trinajstić information content (AvgIpc) is 2.99. The zero-order valence-electron chi connectivity index (χ0n) is 12.8. The number of aromatic nitrogens is 2. The summed E-state index contributed by atoms with van der Waals surface area (Å²) in [6.07, 6.45) is 1.75. The Bertz CT molecular complexity index is 646. The SMILES string of the molecule is CC(C)CNc1nccc(NCc2ccc3c(c2)OCO3)n1. The molecule has 0 bridgehead atoms. The molecule has 2 aromatic rings. The van der Waals surface area contributed by atoms with Crippen LogP contribution in [0.5, 0.6) is 11.5 Å². The molecule has 0 atom stereocenters. The molecular weight excluding hydrogens is 280 g/mol. The van der Waals surface area contributed by atoms with Crippen molar-refractivity contribution in [2.75, 3.05) is 24.0 Å². The summed E-state index contributed by atoms with van der Waals surface area (Å²) in [4.78, 5) is 8.66. The van der Waals surface area contributed by atoms with Gasteiger partial charge in [-0.05, 0) is 29.7 Å². The Morgan fingerprint density at radius 3 is 2.86 bits per heavy atom. The molecule has 2 heterocycles. The van der Waals surface area contributed by atoms with Crippen LogP contribution in [0.15, 0.2) is 30.5 Å². The topological polar surface area (TPSA) is 68.3 Å². The molecule has 0 saturated heterocycles. The fourth-order valence-corrected chi connectivity index (χ4v) is 2.08. The minimum absolute atomic E-state index is 0.295. The van der Waals surface area contributed by atoms with Crippen molar-refractivity contribution in [3.8, 4) is 11.5 Å². The van der Waals surface area contributed by atoms with Crippen LogP contribution in [0.3, 0.4) is 0 Å². The lowest BCUT2D eigenvalue weighted by atomic mass is 10.2. The van der Waals surface area contributed by atoms with E-state index in [4.69, 9.17) is 9.47 Å². The molecule has 22 heavy (non-hydrogen) atoms. The van der Waals surface area contributed by atoms with Gasteiger partial charge in [-0.15, -0.1) is 0 Å². The molecule has 6 nitrogen and oxygen atoms in total. The van der Waals surface area contributed by atoms with Crippen molar-refractivity contribution in [3.63, 3.8) is 0 Å². The summed E-state index contributed by atoms with van der Waals surface area (Å²) < 4.78 is 10.7. The van der Waals surface area contributed by atoms with Crippen LogP contribution in [0.25, 0.3) is 0 Å². The first-order valence-corrected chi connectivity index (χ1v) is 7.40. The molecule has 0 amide bonds. The Labute approximate surface area is 129 Å². The van der Waals surface area contributed by atoms with Crippen molar-refractivity contribution in [3.05, 3.63) is 36.0 Å². The average molecular weight is 300 g/mol. The number of rotatable bonds is 6. The molecule has 1 aromatic heterocycles. The lowest BCUT2D eigenvalue weighted by Gasteiger charge is -2.10. The predicted octanol–water partition coefficient (Wildman–Crippen LogP) is 2.89. The number of ether oxygens (including phenoxy) is 2. The largest absolute Gasteiger partial charge is 0.454 e. The molecule has 0 spiro atoms. The molecule has 0 saturated carbocycles. The smallest absolute Gasteiger partial charge is 0.231 e. The minimum atomic E-state index is 0.295. The van der Waals surface area contributed by atoms with Gasteiger partial charge in [0.15, 0.2) is 11.5 Å². The van der Waals surface area contributed by atoms with E-state index < -0.39 is 0 Å². The van der Waals surface area contributed by atoms with Crippen LogP contribution in [-0.2, 0) is 6.54 Å². The fraction of sp³-hybridized carbons (Fsp3) is 0.375. The molecule has 6 heteroatoms. The summed E-state index contributed by atoms with van der Waals surface area (Å²) in [5.41, 5.74) is 1.11. The van der Waals surface area contributed by atoms with Gasteiger partial charge in [0, 0.05) is 19.3 Å². The summed E-state index contributed by atoms with van der Waals surface area (Å²) in [6.45, 7) is 6.11. The number of hydrogen-bond acceptors (Lipinski definition) is 6. The number of anilines is 2. The van der Waals surface area contributed by atoms with E-state index in [9.17, 15) is 0 Å². The summed E-state index contributed by atoms with van der Waals surface area (Å²) in [5, 5.41) is 6.51. The van der Waals surface area contributed by atoms with E-state index in [1.54, 1.807) is 6.20 Å². The molecule has 0 fully saturated rings. The highest BCUT2D eigenvalue weighted by molar-refractivity contribution is 5.46. The zero-order valence-corrected chi connectivity index (χ0v) is 12.8. The number of fused-ring (bicyclic) bond motifs is 1. The first-order valence-electron chi connectivity index (χ1n) is 7.40. The zero-order chi connectivity index (χ0) is 15.4. The molecule has 2 N–H and O–H groups in total. The molecular formula is C16H20N4O2. The maximum absolute atomic E-state index is 5.38. The fourth-order valence-electron chi connectivity index (χ4n) is 2.08. The Hall–Kier alpha value is -2.50. The lowest BCUT2D eigenvalue weighted by molar-refractivity contribution is 0.174.